The van der Waals surface area contributed by atoms with E-state index in [1.165, 1.54) is 32.1 Å². The summed E-state index contributed by atoms with van der Waals surface area (Å²) in [7, 11) is 0. The molecule has 0 aliphatic heterocycles. The first-order chi connectivity index (χ1) is 10.3. The molecule has 1 aliphatic rings. The van der Waals surface area contributed by atoms with Crippen molar-refractivity contribution in [2.45, 2.75) is 44.8 Å². The molecule has 1 saturated carbocycles. The van der Waals surface area contributed by atoms with E-state index in [2.05, 4.69) is 0 Å². The van der Waals surface area contributed by atoms with Crippen molar-refractivity contribution in [3.8, 4) is 5.75 Å². The molecule has 4 heteroatoms. The third-order valence-electron chi connectivity index (χ3n) is 4.01. The van der Waals surface area contributed by atoms with Crippen LogP contribution >= 0.6 is 0 Å². The monoisotopic (exact) mass is 293 g/mol. The van der Waals surface area contributed by atoms with E-state index in [-0.39, 0.29) is 6.61 Å². The van der Waals surface area contributed by atoms with Gasteiger partial charge in [-0.15, -0.1) is 0 Å². The van der Waals surface area contributed by atoms with Gasteiger partial charge in [0.2, 0.25) is 0 Å². The molecule has 1 aromatic carbocycles. The fourth-order valence-corrected chi connectivity index (χ4v) is 2.77. The maximum atomic E-state index is 9.92. The van der Waals surface area contributed by atoms with Crippen LogP contribution in [0.3, 0.4) is 0 Å². The van der Waals surface area contributed by atoms with Crippen LogP contribution in [-0.4, -0.2) is 31.0 Å². The Labute approximate surface area is 127 Å². The van der Waals surface area contributed by atoms with Crippen molar-refractivity contribution in [3.05, 3.63) is 29.8 Å². The Balaban J connectivity index is 1.63. The lowest BCUT2D eigenvalue weighted by atomic mass is 9.90. The highest BCUT2D eigenvalue weighted by atomic mass is 16.5. The van der Waals surface area contributed by atoms with Crippen LogP contribution in [0.25, 0.3) is 0 Å². The summed E-state index contributed by atoms with van der Waals surface area (Å²) in [5.74, 6) is 1.41. The van der Waals surface area contributed by atoms with Gasteiger partial charge in [0.25, 0.3) is 0 Å². The van der Waals surface area contributed by atoms with Crippen LogP contribution in [-0.2, 0) is 11.3 Å². The fourth-order valence-electron chi connectivity index (χ4n) is 2.77. The van der Waals surface area contributed by atoms with Crippen LogP contribution in [0.1, 0.15) is 37.7 Å². The number of nitrogens with two attached hydrogens (primary N) is 1. The maximum Gasteiger partial charge on any atom is 0.123 e. The van der Waals surface area contributed by atoms with Crippen LogP contribution in [0.15, 0.2) is 24.3 Å². The minimum Gasteiger partial charge on any atom is -0.490 e. The van der Waals surface area contributed by atoms with E-state index in [4.69, 9.17) is 15.2 Å². The zero-order valence-corrected chi connectivity index (χ0v) is 12.7. The molecule has 3 N–H and O–H groups in total. The number of para-hydroxylation sites is 1. The average molecular weight is 293 g/mol. The molecule has 21 heavy (non-hydrogen) atoms. The fraction of sp³-hybridized carbons (Fsp3) is 0.647. The Morgan fingerprint density at radius 1 is 1.14 bits per heavy atom. The molecule has 0 saturated heterocycles. The summed E-state index contributed by atoms with van der Waals surface area (Å²) in [6, 6.07) is 7.64. The summed E-state index contributed by atoms with van der Waals surface area (Å²) in [6.07, 6.45) is 5.91. The third-order valence-corrected chi connectivity index (χ3v) is 4.01. The van der Waals surface area contributed by atoms with Gasteiger partial charge in [0, 0.05) is 18.7 Å². The summed E-state index contributed by atoms with van der Waals surface area (Å²) in [5, 5.41) is 9.92. The van der Waals surface area contributed by atoms with Gasteiger partial charge in [-0.25, -0.2) is 0 Å². The minimum absolute atomic E-state index is 0.238. The van der Waals surface area contributed by atoms with Gasteiger partial charge in [0.1, 0.15) is 18.5 Å². The van der Waals surface area contributed by atoms with Crippen LogP contribution in [0.2, 0.25) is 0 Å². The number of hydrogen-bond donors (Lipinski definition) is 2. The second-order valence-corrected chi connectivity index (χ2v) is 5.82. The van der Waals surface area contributed by atoms with Crippen molar-refractivity contribution in [1.82, 2.24) is 0 Å². The lowest BCUT2D eigenvalue weighted by Crippen LogP contribution is -2.25. The van der Waals surface area contributed by atoms with Crippen LogP contribution in [0.4, 0.5) is 0 Å². The molecule has 0 bridgehead atoms. The van der Waals surface area contributed by atoms with E-state index in [1.807, 2.05) is 24.3 Å². The largest absolute Gasteiger partial charge is 0.490 e. The van der Waals surface area contributed by atoms with Gasteiger partial charge in [-0.3, -0.25) is 0 Å². The predicted octanol–water partition coefficient (Wildman–Crippen LogP) is 2.48. The number of aliphatic hydroxyl groups excluding tert-OH is 1. The molecule has 1 aliphatic carbocycles. The molecule has 1 atom stereocenters. The molecule has 1 unspecified atom stereocenters. The lowest BCUT2D eigenvalue weighted by molar-refractivity contribution is -0.00370. The van der Waals surface area contributed by atoms with Gasteiger partial charge in [0.15, 0.2) is 0 Å². The molecule has 0 amide bonds. The number of hydrogen-bond acceptors (Lipinski definition) is 4. The molecule has 1 aromatic rings. The van der Waals surface area contributed by atoms with Gasteiger partial charge in [-0.2, -0.15) is 0 Å². The smallest absolute Gasteiger partial charge is 0.123 e. The first-order valence-electron chi connectivity index (χ1n) is 7.96. The summed E-state index contributed by atoms with van der Waals surface area (Å²) < 4.78 is 11.2. The van der Waals surface area contributed by atoms with Crippen molar-refractivity contribution < 1.29 is 14.6 Å². The molecule has 0 heterocycles. The zero-order valence-electron chi connectivity index (χ0n) is 12.7. The molecule has 2 rings (SSSR count). The molecule has 0 spiro atoms. The topological polar surface area (TPSA) is 64.7 Å². The van der Waals surface area contributed by atoms with Crippen molar-refractivity contribution in [2.24, 2.45) is 11.7 Å². The van der Waals surface area contributed by atoms with Gasteiger partial charge < -0.3 is 20.3 Å². The highest BCUT2D eigenvalue weighted by Gasteiger charge is 2.14. The second kappa shape index (κ2) is 9.03. The van der Waals surface area contributed by atoms with E-state index in [0.29, 0.717) is 19.1 Å². The Morgan fingerprint density at radius 2 is 1.90 bits per heavy atom. The van der Waals surface area contributed by atoms with Gasteiger partial charge in [0.05, 0.1) is 6.61 Å². The Bertz CT molecular complexity index is 405. The molecule has 0 radical (unpaired) electrons. The standard InChI is InChI=1S/C17H27NO3/c18-10-15-8-4-5-9-17(15)21-13-16(19)12-20-11-14-6-2-1-3-7-14/h4-5,8-9,14,16,19H,1-3,6-7,10-13,18H2. The van der Waals surface area contributed by atoms with Crippen LogP contribution < -0.4 is 10.5 Å². The number of aliphatic hydroxyl groups is 1. The Hall–Kier alpha value is -1.10. The quantitative estimate of drug-likeness (QED) is 0.773. The van der Waals surface area contributed by atoms with Gasteiger partial charge >= 0.3 is 0 Å². The van der Waals surface area contributed by atoms with E-state index < -0.39 is 6.10 Å². The maximum absolute atomic E-state index is 9.92. The Kier molecular flexibility index (Phi) is 7.00. The molecular weight excluding hydrogens is 266 g/mol. The van der Waals surface area contributed by atoms with Crippen molar-refractivity contribution in [2.75, 3.05) is 19.8 Å². The average Bonchev–Trinajstić information content (AvgIpc) is 2.54. The summed E-state index contributed by atoms with van der Waals surface area (Å²) >= 11 is 0. The summed E-state index contributed by atoms with van der Waals surface area (Å²) in [4.78, 5) is 0. The van der Waals surface area contributed by atoms with Crippen molar-refractivity contribution >= 4 is 0 Å². The van der Waals surface area contributed by atoms with E-state index in [0.717, 1.165) is 17.9 Å². The molecule has 4 nitrogen and oxygen atoms in total. The first kappa shape index (κ1) is 16.3. The summed E-state index contributed by atoms with van der Waals surface area (Å²) in [5.41, 5.74) is 6.60. The molecule has 1 fully saturated rings. The van der Waals surface area contributed by atoms with E-state index >= 15 is 0 Å². The highest BCUT2D eigenvalue weighted by Crippen LogP contribution is 2.23. The van der Waals surface area contributed by atoms with Crippen molar-refractivity contribution in [1.29, 1.82) is 0 Å². The van der Waals surface area contributed by atoms with Crippen LogP contribution in [0, 0.1) is 5.92 Å². The van der Waals surface area contributed by atoms with E-state index in [1.54, 1.807) is 0 Å². The minimum atomic E-state index is -0.598. The molecule has 0 aromatic heterocycles. The van der Waals surface area contributed by atoms with Crippen molar-refractivity contribution in [3.63, 3.8) is 0 Å². The third kappa shape index (κ3) is 5.65. The Morgan fingerprint density at radius 3 is 2.67 bits per heavy atom. The van der Waals surface area contributed by atoms with Gasteiger partial charge in [-0.1, -0.05) is 37.5 Å². The SMILES string of the molecule is NCc1ccccc1OCC(O)COCC1CCCCC1. The van der Waals surface area contributed by atoms with E-state index in [9.17, 15) is 5.11 Å². The molecule has 118 valence electrons. The normalized spacial score (nSPS) is 17.6. The van der Waals surface area contributed by atoms with Crippen LogP contribution in [0.5, 0.6) is 5.75 Å². The zero-order chi connectivity index (χ0) is 14.9. The summed E-state index contributed by atoms with van der Waals surface area (Å²) in [6.45, 7) is 1.77. The lowest BCUT2D eigenvalue weighted by Gasteiger charge is -2.22. The van der Waals surface area contributed by atoms with Gasteiger partial charge in [-0.05, 0) is 24.8 Å². The second-order valence-electron chi connectivity index (χ2n) is 5.82. The predicted molar refractivity (Wildman–Crippen MR) is 83.2 cm³/mol. The first-order valence-corrected chi connectivity index (χ1v) is 7.96. The number of benzene rings is 1. The number of rotatable bonds is 8. The molecular formula is C17H27NO3. The number of ether oxygens (including phenoxy) is 2. The highest BCUT2D eigenvalue weighted by molar-refractivity contribution is 5.32.